The average molecular weight is 315 g/mol. The summed E-state index contributed by atoms with van der Waals surface area (Å²) in [6.07, 6.45) is 3.13. The molecule has 2 heterocycles. The van der Waals surface area contributed by atoms with Crippen molar-refractivity contribution >= 4 is 15.9 Å². The van der Waals surface area contributed by atoms with Gasteiger partial charge < -0.3 is 15.0 Å². The molecule has 21 heavy (non-hydrogen) atoms. The lowest BCUT2D eigenvalue weighted by Crippen LogP contribution is -2.35. The highest BCUT2D eigenvalue weighted by Crippen LogP contribution is 2.21. The molecular formula is C13H21N3O4S. The number of carbonyl (C=O) groups is 1. The SMILES string of the molecule is COCC(C)NC(=O)c1cc(S(=O)(=O)N2CCCC2)c[nH]1. The number of aromatic amines is 1. The first-order valence-electron chi connectivity index (χ1n) is 6.93. The third-order valence-corrected chi connectivity index (χ3v) is 5.27. The molecule has 0 radical (unpaired) electrons. The molecular weight excluding hydrogens is 294 g/mol. The smallest absolute Gasteiger partial charge is 0.268 e. The Hall–Kier alpha value is -1.38. The molecule has 2 rings (SSSR count). The van der Waals surface area contributed by atoms with Crippen LogP contribution >= 0.6 is 0 Å². The molecule has 1 fully saturated rings. The molecule has 2 N–H and O–H groups in total. The van der Waals surface area contributed by atoms with E-state index in [4.69, 9.17) is 4.74 Å². The normalized spacial score (nSPS) is 17.8. The molecule has 0 spiro atoms. The third kappa shape index (κ3) is 3.63. The molecule has 0 aliphatic carbocycles. The summed E-state index contributed by atoms with van der Waals surface area (Å²) >= 11 is 0. The van der Waals surface area contributed by atoms with Crippen molar-refractivity contribution in [2.24, 2.45) is 0 Å². The molecule has 1 unspecified atom stereocenters. The summed E-state index contributed by atoms with van der Waals surface area (Å²) < 4.78 is 31.1. The Balaban J connectivity index is 2.09. The van der Waals surface area contributed by atoms with E-state index in [2.05, 4.69) is 10.3 Å². The fraction of sp³-hybridized carbons (Fsp3) is 0.615. The summed E-state index contributed by atoms with van der Waals surface area (Å²) in [5.74, 6) is -0.345. The number of rotatable bonds is 6. The highest BCUT2D eigenvalue weighted by molar-refractivity contribution is 7.89. The van der Waals surface area contributed by atoms with Crippen LogP contribution < -0.4 is 5.32 Å². The second-order valence-electron chi connectivity index (χ2n) is 5.19. The minimum absolute atomic E-state index is 0.133. The first-order chi connectivity index (χ1) is 9.95. The van der Waals surface area contributed by atoms with Gasteiger partial charge in [0, 0.05) is 32.4 Å². The zero-order valence-electron chi connectivity index (χ0n) is 12.3. The lowest BCUT2D eigenvalue weighted by atomic mass is 10.3. The summed E-state index contributed by atoms with van der Waals surface area (Å²) in [6, 6.07) is 1.23. The van der Waals surface area contributed by atoms with Gasteiger partial charge in [-0.15, -0.1) is 0 Å². The van der Waals surface area contributed by atoms with Crippen molar-refractivity contribution < 1.29 is 17.9 Å². The number of sulfonamides is 1. The van der Waals surface area contributed by atoms with E-state index in [0.717, 1.165) is 12.8 Å². The lowest BCUT2D eigenvalue weighted by molar-refractivity contribution is 0.0901. The molecule has 118 valence electrons. The average Bonchev–Trinajstić information content (AvgIpc) is 3.11. The summed E-state index contributed by atoms with van der Waals surface area (Å²) in [5.41, 5.74) is 0.232. The Bertz CT molecular complexity index is 590. The molecule has 0 aromatic carbocycles. The molecule has 1 aromatic rings. The van der Waals surface area contributed by atoms with Gasteiger partial charge in [0.05, 0.1) is 6.61 Å². The van der Waals surface area contributed by atoms with Crippen LogP contribution in [0, 0.1) is 0 Å². The predicted molar refractivity (Wildman–Crippen MR) is 77.6 cm³/mol. The number of nitrogens with one attached hydrogen (secondary N) is 2. The summed E-state index contributed by atoms with van der Waals surface area (Å²) in [5, 5.41) is 2.73. The van der Waals surface area contributed by atoms with E-state index in [1.165, 1.54) is 16.6 Å². The second-order valence-corrected chi connectivity index (χ2v) is 7.13. The minimum Gasteiger partial charge on any atom is -0.383 e. The maximum Gasteiger partial charge on any atom is 0.268 e. The van der Waals surface area contributed by atoms with E-state index in [9.17, 15) is 13.2 Å². The van der Waals surface area contributed by atoms with Gasteiger partial charge in [-0.1, -0.05) is 0 Å². The Morgan fingerprint density at radius 1 is 1.48 bits per heavy atom. The van der Waals surface area contributed by atoms with E-state index in [1.54, 1.807) is 7.11 Å². The van der Waals surface area contributed by atoms with Crippen LogP contribution in [0.3, 0.4) is 0 Å². The topological polar surface area (TPSA) is 91.5 Å². The van der Waals surface area contributed by atoms with Crippen molar-refractivity contribution in [3.63, 3.8) is 0 Å². The van der Waals surface area contributed by atoms with Crippen molar-refractivity contribution in [1.82, 2.24) is 14.6 Å². The fourth-order valence-corrected chi connectivity index (χ4v) is 3.84. The first-order valence-corrected chi connectivity index (χ1v) is 8.37. The maximum atomic E-state index is 12.3. The number of carbonyl (C=O) groups excluding carboxylic acids is 1. The Kier molecular flexibility index (Phi) is 5.02. The number of H-pyrrole nitrogens is 1. The number of hydrogen-bond donors (Lipinski definition) is 2. The van der Waals surface area contributed by atoms with Gasteiger partial charge in [-0.3, -0.25) is 4.79 Å². The number of methoxy groups -OCH3 is 1. The molecule has 1 aromatic heterocycles. The predicted octanol–water partition coefficient (Wildman–Crippen LogP) is 0.564. The van der Waals surface area contributed by atoms with Crippen LogP contribution in [0.4, 0.5) is 0 Å². The standard InChI is InChI=1S/C13H21N3O4S/c1-10(9-20-2)15-13(17)12-7-11(8-14-12)21(18,19)16-5-3-4-6-16/h7-8,10,14H,3-6,9H2,1-2H3,(H,15,17). The quantitative estimate of drug-likeness (QED) is 0.802. The molecule has 8 heteroatoms. The molecule has 0 saturated carbocycles. The number of aromatic nitrogens is 1. The van der Waals surface area contributed by atoms with Gasteiger partial charge in [-0.05, 0) is 25.8 Å². The van der Waals surface area contributed by atoms with Gasteiger partial charge in [0.25, 0.3) is 5.91 Å². The van der Waals surface area contributed by atoms with E-state index < -0.39 is 10.0 Å². The van der Waals surface area contributed by atoms with Crippen LogP contribution in [0.15, 0.2) is 17.2 Å². The van der Waals surface area contributed by atoms with E-state index in [0.29, 0.717) is 19.7 Å². The van der Waals surface area contributed by atoms with Crippen LogP contribution in [-0.4, -0.2) is 56.5 Å². The number of amides is 1. The van der Waals surface area contributed by atoms with Gasteiger partial charge in [0.1, 0.15) is 10.6 Å². The van der Waals surface area contributed by atoms with E-state index in [1.807, 2.05) is 6.92 Å². The van der Waals surface area contributed by atoms with Gasteiger partial charge in [0.15, 0.2) is 0 Å². The lowest BCUT2D eigenvalue weighted by Gasteiger charge is -2.13. The molecule has 1 aliphatic rings. The fourth-order valence-electron chi connectivity index (χ4n) is 2.33. The summed E-state index contributed by atoms with van der Waals surface area (Å²) in [7, 11) is -1.94. The van der Waals surface area contributed by atoms with Gasteiger partial charge in [-0.25, -0.2) is 8.42 Å². The van der Waals surface area contributed by atoms with Crippen LogP contribution in [-0.2, 0) is 14.8 Å². The van der Waals surface area contributed by atoms with Gasteiger partial charge >= 0.3 is 0 Å². The maximum absolute atomic E-state index is 12.3. The second kappa shape index (κ2) is 6.59. The molecule has 1 atom stereocenters. The summed E-state index contributed by atoms with van der Waals surface area (Å²) in [6.45, 7) is 3.29. The zero-order valence-corrected chi connectivity index (χ0v) is 13.1. The largest absolute Gasteiger partial charge is 0.383 e. The van der Waals surface area contributed by atoms with Crippen LogP contribution in [0.1, 0.15) is 30.3 Å². The molecule has 7 nitrogen and oxygen atoms in total. The van der Waals surface area contributed by atoms with Crippen molar-refractivity contribution in [2.75, 3.05) is 26.8 Å². The highest BCUT2D eigenvalue weighted by atomic mass is 32.2. The number of ether oxygens (including phenoxy) is 1. The van der Waals surface area contributed by atoms with Crippen LogP contribution in [0.2, 0.25) is 0 Å². The third-order valence-electron chi connectivity index (χ3n) is 3.40. The molecule has 1 amide bonds. The molecule has 0 bridgehead atoms. The number of hydrogen-bond acceptors (Lipinski definition) is 4. The minimum atomic E-state index is -3.49. The Morgan fingerprint density at radius 2 is 2.14 bits per heavy atom. The van der Waals surface area contributed by atoms with Crippen molar-refractivity contribution in [3.8, 4) is 0 Å². The Morgan fingerprint density at radius 3 is 2.76 bits per heavy atom. The van der Waals surface area contributed by atoms with Gasteiger partial charge in [0.2, 0.25) is 10.0 Å². The highest BCUT2D eigenvalue weighted by Gasteiger charge is 2.28. The first kappa shape index (κ1) is 16.0. The van der Waals surface area contributed by atoms with Crippen LogP contribution in [0.25, 0.3) is 0 Å². The van der Waals surface area contributed by atoms with Gasteiger partial charge in [-0.2, -0.15) is 4.31 Å². The summed E-state index contributed by atoms with van der Waals surface area (Å²) in [4.78, 5) is 14.8. The zero-order chi connectivity index (χ0) is 15.5. The van der Waals surface area contributed by atoms with Crippen molar-refractivity contribution in [2.45, 2.75) is 30.7 Å². The molecule has 1 aliphatic heterocycles. The monoisotopic (exact) mass is 315 g/mol. The van der Waals surface area contributed by atoms with Crippen molar-refractivity contribution in [3.05, 3.63) is 18.0 Å². The van der Waals surface area contributed by atoms with Crippen LogP contribution in [0.5, 0.6) is 0 Å². The van der Waals surface area contributed by atoms with Crippen molar-refractivity contribution in [1.29, 1.82) is 0 Å². The number of nitrogens with zero attached hydrogens (tertiary/aromatic N) is 1. The van der Waals surface area contributed by atoms with E-state index >= 15 is 0 Å². The molecule has 1 saturated heterocycles. The van der Waals surface area contributed by atoms with E-state index in [-0.39, 0.29) is 22.5 Å². The Labute approximate surface area is 124 Å².